The molecule has 1 saturated carbocycles. The molecule has 5 rings (SSSR count). The van der Waals surface area contributed by atoms with Crippen LogP contribution >= 0.6 is 11.3 Å². The number of fused-ring (bicyclic) bond motifs is 3. The summed E-state index contributed by atoms with van der Waals surface area (Å²) in [7, 11) is 0. The van der Waals surface area contributed by atoms with Crippen molar-refractivity contribution in [2.75, 3.05) is 23.3 Å². The first kappa shape index (κ1) is 14.9. The van der Waals surface area contributed by atoms with E-state index in [0.29, 0.717) is 0 Å². The summed E-state index contributed by atoms with van der Waals surface area (Å²) in [6, 6.07) is 5.97. The normalized spacial score (nSPS) is 16.3. The molecule has 0 aromatic carbocycles. The number of anilines is 3. The topological polar surface area (TPSA) is 69.7 Å². The second-order valence-corrected chi connectivity index (χ2v) is 7.94. The van der Waals surface area contributed by atoms with Crippen LogP contribution in [0.25, 0.3) is 11.3 Å². The number of thiazole rings is 1. The quantitative estimate of drug-likeness (QED) is 0.748. The average molecular weight is 352 g/mol. The second-order valence-electron chi connectivity index (χ2n) is 6.85. The Morgan fingerprint density at radius 2 is 2.24 bits per heavy atom. The van der Waals surface area contributed by atoms with Crippen LogP contribution in [0.2, 0.25) is 0 Å². The molecule has 25 heavy (non-hydrogen) atoms. The standard InChI is InChI=1S/C18H20N6S/c1-11-3-2-4-15(20-11)21-18-22-16-13-9-19-23-17(13)24(10-12-5-6-12)8-7-14(16)25-18/h2-4,9,12H,5-8,10H2,1H3,(H,19,23)(H,20,21,22). The molecule has 0 saturated heterocycles. The monoisotopic (exact) mass is 352 g/mol. The van der Waals surface area contributed by atoms with Gasteiger partial charge in [0.15, 0.2) is 5.13 Å². The molecule has 4 heterocycles. The molecule has 0 amide bonds. The van der Waals surface area contributed by atoms with Crippen LogP contribution in [0.1, 0.15) is 23.4 Å². The second kappa shape index (κ2) is 5.84. The number of pyridine rings is 1. The summed E-state index contributed by atoms with van der Waals surface area (Å²) in [5.41, 5.74) is 3.17. The zero-order valence-corrected chi connectivity index (χ0v) is 14.9. The third-order valence-electron chi connectivity index (χ3n) is 4.80. The lowest BCUT2D eigenvalue weighted by atomic mass is 10.2. The van der Waals surface area contributed by atoms with Crippen LogP contribution in [-0.2, 0) is 6.42 Å². The molecule has 0 bridgehead atoms. The van der Waals surface area contributed by atoms with Crippen molar-refractivity contribution < 1.29 is 0 Å². The number of hydrogen-bond donors (Lipinski definition) is 2. The van der Waals surface area contributed by atoms with Crippen LogP contribution in [0, 0.1) is 12.8 Å². The van der Waals surface area contributed by atoms with Gasteiger partial charge in [0.25, 0.3) is 0 Å². The minimum Gasteiger partial charge on any atom is -0.356 e. The Hall–Kier alpha value is -2.41. The Balaban J connectivity index is 1.46. The van der Waals surface area contributed by atoms with Crippen LogP contribution in [0.15, 0.2) is 24.4 Å². The Morgan fingerprint density at radius 1 is 1.32 bits per heavy atom. The van der Waals surface area contributed by atoms with Gasteiger partial charge in [0.1, 0.15) is 11.6 Å². The summed E-state index contributed by atoms with van der Waals surface area (Å²) in [5, 5.41) is 11.7. The van der Waals surface area contributed by atoms with Crippen LogP contribution in [0.4, 0.5) is 16.8 Å². The van der Waals surface area contributed by atoms with Crippen molar-refractivity contribution in [3.05, 3.63) is 35.0 Å². The molecule has 1 aliphatic carbocycles. The highest BCUT2D eigenvalue weighted by Crippen LogP contribution is 2.40. The summed E-state index contributed by atoms with van der Waals surface area (Å²) < 4.78 is 0. The van der Waals surface area contributed by atoms with Crippen molar-refractivity contribution in [3.8, 4) is 11.3 Å². The highest BCUT2D eigenvalue weighted by Gasteiger charge is 2.30. The van der Waals surface area contributed by atoms with Gasteiger partial charge in [-0.25, -0.2) is 9.97 Å². The lowest BCUT2D eigenvalue weighted by Crippen LogP contribution is -2.27. The highest BCUT2D eigenvalue weighted by molar-refractivity contribution is 7.16. The number of H-pyrrole nitrogens is 1. The minimum absolute atomic E-state index is 0.840. The van der Waals surface area contributed by atoms with Crippen molar-refractivity contribution in [3.63, 3.8) is 0 Å². The van der Waals surface area contributed by atoms with Crippen molar-refractivity contribution in [1.82, 2.24) is 20.2 Å². The SMILES string of the molecule is Cc1cccc(Nc2nc3c(s2)CCN(CC2CC2)c2[nH]ncc2-3)n1. The first-order valence-corrected chi connectivity index (χ1v) is 9.57. The van der Waals surface area contributed by atoms with Gasteiger partial charge in [-0.15, -0.1) is 11.3 Å². The lowest BCUT2D eigenvalue weighted by Gasteiger charge is -2.21. The van der Waals surface area contributed by atoms with Gasteiger partial charge in [0.05, 0.1) is 17.5 Å². The van der Waals surface area contributed by atoms with Crippen LogP contribution in [0.3, 0.4) is 0 Å². The van der Waals surface area contributed by atoms with E-state index in [2.05, 4.69) is 25.4 Å². The molecule has 2 aliphatic rings. The van der Waals surface area contributed by atoms with E-state index in [1.54, 1.807) is 11.3 Å². The number of nitrogens with one attached hydrogen (secondary N) is 2. The molecule has 7 heteroatoms. The molecule has 3 aromatic heterocycles. The third-order valence-corrected chi connectivity index (χ3v) is 5.83. The van der Waals surface area contributed by atoms with Crippen molar-refractivity contribution in [2.45, 2.75) is 26.2 Å². The summed E-state index contributed by atoms with van der Waals surface area (Å²) in [5.74, 6) is 2.81. The summed E-state index contributed by atoms with van der Waals surface area (Å²) >= 11 is 1.72. The van der Waals surface area contributed by atoms with E-state index >= 15 is 0 Å². The summed E-state index contributed by atoms with van der Waals surface area (Å²) in [6.07, 6.45) is 5.65. The molecule has 3 aromatic rings. The first-order valence-electron chi connectivity index (χ1n) is 8.75. The molecule has 6 nitrogen and oxygen atoms in total. The van der Waals surface area contributed by atoms with Gasteiger partial charge in [-0.1, -0.05) is 6.07 Å². The molecule has 2 N–H and O–H groups in total. The predicted molar refractivity (Wildman–Crippen MR) is 101 cm³/mol. The van der Waals surface area contributed by atoms with Gasteiger partial charge < -0.3 is 10.2 Å². The van der Waals surface area contributed by atoms with E-state index in [0.717, 1.165) is 59.1 Å². The Morgan fingerprint density at radius 3 is 3.08 bits per heavy atom. The van der Waals surface area contributed by atoms with Gasteiger partial charge in [0.2, 0.25) is 0 Å². The molecular weight excluding hydrogens is 332 g/mol. The van der Waals surface area contributed by atoms with E-state index < -0.39 is 0 Å². The zero-order valence-electron chi connectivity index (χ0n) is 14.1. The third kappa shape index (κ3) is 2.89. The first-order chi connectivity index (χ1) is 12.3. The fraction of sp³-hybridized carbons (Fsp3) is 0.389. The number of nitrogens with zero attached hydrogens (tertiary/aromatic N) is 4. The molecular formula is C18H20N6S. The number of hydrogen-bond acceptors (Lipinski definition) is 6. The molecule has 0 atom stereocenters. The smallest absolute Gasteiger partial charge is 0.189 e. The van der Waals surface area contributed by atoms with Gasteiger partial charge >= 0.3 is 0 Å². The summed E-state index contributed by atoms with van der Waals surface area (Å²) in [6.45, 7) is 4.14. The van der Waals surface area contributed by atoms with E-state index in [9.17, 15) is 0 Å². The number of aryl methyl sites for hydroxylation is 1. The van der Waals surface area contributed by atoms with Crippen LogP contribution in [0.5, 0.6) is 0 Å². The van der Waals surface area contributed by atoms with E-state index in [1.807, 2.05) is 31.3 Å². The minimum atomic E-state index is 0.840. The molecule has 128 valence electrons. The predicted octanol–water partition coefficient (Wildman–Crippen LogP) is 3.75. The van der Waals surface area contributed by atoms with Crippen molar-refractivity contribution in [2.24, 2.45) is 5.92 Å². The Kier molecular flexibility index (Phi) is 3.48. The fourth-order valence-corrected chi connectivity index (χ4v) is 4.32. The Bertz CT molecular complexity index is 910. The highest BCUT2D eigenvalue weighted by atomic mass is 32.1. The van der Waals surface area contributed by atoms with Gasteiger partial charge in [-0.2, -0.15) is 5.10 Å². The molecule has 1 aliphatic heterocycles. The summed E-state index contributed by atoms with van der Waals surface area (Å²) in [4.78, 5) is 13.1. The zero-order chi connectivity index (χ0) is 16.8. The van der Waals surface area contributed by atoms with Crippen LogP contribution < -0.4 is 10.2 Å². The van der Waals surface area contributed by atoms with Crippen LogP contribution in [-0.4, -0.2) is 33.3 Å². The van der Waals surface area contributed by atoms with E-state index in [-0.39, 0.29) is 0 Å². The van der Waals surface area contributed by atoms with Crippen molar-refractivity contribution in [1.29, 1.82) is 0 Å². The van der Waals surface area contributed by atoms with Gasteiger partial charge in [-0.05, 0) is 37.8 Å². The van der Waals surface area contributed by atoms with Gasteiger partial charge in [0, 0.05) is 30.1 Å². The number of aromatic amines is 1. The van der Waals surface area contributed by atoms with Gasteiger partial charge in [-0.3, -0.25) is 5.10 Å². The van der Waals surface area contributed by atoms with E-state index in [1.165, 1.54) is 17.7 Å². The maximum absolute atomic E-state index is 4.86. The maximum Gasteiger partial charge on any atom is 0.189 e. The molecule has 0 spiro atoms. The molecule has 1 fully saturated rings. The molecule has 0 radical (unpaired) electrons. The molecule has 0 unspecified atom stereocenters. The number of rotatable bonds is 4. The number of aromatic nitrogens is 4. The van der Waals surface area contributed by atoms with Crippen molar-refractivity contribution >= 4 is 28.1 Å². The lowest BCUT2D eigenvalue weighted by molar-refractivity contribution is 0.712. The fourth-order valence-electron chi connectivity index (χ4n) is 3.34. The Labute approximate surface area is 150 Å². The average Bonchev–Trinajstić information content (AvgIpc) is 3.16. The largest absolute Gasteiger partial charge is 0.356 e. The van der Waals surface area contributed by atoms with E-state index in [4.69, 9.17) is 4.98 Å². The maximum atomic E-state index is 4.86.